The molecule has 3 fully saturated rings. The van der Waals surface area contributed by atoms with Crippen molar-refractivity contribution < 1.29 is 28.7 Å². The summed E-state index contributed by atoms with van der Waals surface area (Å²) >= 11 is 1.29. The Hall–Kier alpha value is -2.92. The molecule has 1 heterocycles. The lowest BCUT2D eigenvalue weighted by Crippen LogP contribution is -2.57. The molecule has 4 rings (SSSR count). The van der Waals surface area contributed by atoms with Crippen molar-refractivity contribution in [2.75, 3.05) is 13.2 Å². The highest BCUT2D eigenvalue weighted by Crippen LogP contribution is 2.63. The number of hydrogen-bond donors (Lipinski definition) is 3. The SMILES string of the molecule is CCOC(=O)c1ccc(SN[C@H](C(=O)N2C[C@]3(C[C@H]2C(=O)NC(CC2CCC2)C(=O)C(N)=O)C[C@H]3C(C)C)C(C)(C)C)cc1. The molecule has 0 bridgehead atoms. The van der Waals surface area contributed by atoms with E-state index in [1.165, 1.54) is 11.9 Å². The minimum atomic E-state index is -1.06. The molecule has 242 valence electrons. The maximum Gasteiger partial charge on any atom is 0.338 e. The van der Waals surface area contributed by atoms with Gasteiger partial charge in [0.2, 0.25) is 17.6 Å². The molecular formula is C33H48N4O6S. The number of ketones is 1. The largest absolute Gasteiger partial charge is 0.462 e. The van der Waals surface area contributed by atoms with Crippen LogP contribution < -0.4 is 15.8 Å². The van der Waals surface area contributed by atoms with E-state index in [0.29, 0.717) is 43.4 Å². The molecule has 0 radical (unpaired) electrons. The molecule has 44 heavy (non-hydrogen) atoms. The zero-order valence-electron chi connectivity index (χ0n) is 26.8. The second kappa shape index (κ2) is 13.6. The van der Waals surface area contributed by atoms with Crippen molar-refractivity contribution in [2.24, 2.45) is 34.3 Å². The molecule has 1 unspecified atom stereocenters. The van der Waals surface area contributed by atoms with E-state index in [2.05, 4.69) is 23.9 Å². The third-order valence-electron chi connectivity index (χ3n) is 9.55. The second-order valence-corrected chi connectivity index (χ2v) is 15.1. The summed E-state index contributed by atoms with van der Waals surface area (Å²) < 4.78 is 8.41. The quantitative estimate of drug-likeness (QED) is 0.169. The van der Waals surface area contributed by atoms with Gasteiger partial charge in [0.1, 0.15) is 12.1 Å². The van der Waals surface area contributed by atoms with E-state index in [4.69, 9.17) is 10.5 Å². The standard InChI is InChI=1S/C33H48N4O6S/c1-7-43-31(42)21-11-13-22(14-12-21)44-36-27(32(4,5)6)30(41)37-18-33(16-23(33)19(2)3)17-25(37)29(40)35-24(26(38)28(34)39)15-20-9-8-10-20/h11-14,19-20,23-25,27,36H,7-10,15-18H2,1-6H3,(H2,34,39)(H,35,40)/t23-,24?,25-,27+,33+/m0/s1. The van der Waals surface area contributed by atoms with Crippen LogP contribution in [-0.4, -0.2) is 65.7 Å². The summed E-state index contributed by atoms with van der Waals surface area (Å²) in [7, 11) is 0. The number of rotatable bonds is 13. The minimum absolute atomic E-state index is 0.137. The van der Waals surface area contributed by atoms with E-state index in [9.17, 15) is 24.0 Å². The fourth-order valence-electron chi connectivity index (χ4n) is 6.71. The fourth-order valence-corrected chi connectivity index (χ4v) is 7.69. The molecule has 11 heteroatoms. The normalized spacial score (nSPS) is 24.5. The molecule has 3 amide bonds. The van der Waals surface area contributed by atoms with Crippen LogP contribution in [0.2, 0.25) is 0 Å². The number of esters is 1. The third-order valence-corrected chi connectivity index (χ3v) is 10.4. The van der Waals surface area contributed by atoms with Gasteiger partial charge in [-0.05, 0) is 91.0 Å². The van der Waals surface area contributed by atoms with Gasteiger partial charge >= 0.3 is 5.97 Å². The van der Waals surface area contributed by atoms with Crippen LogP contribution in [0, 0.1) is 28.6 Å². The van der Waals surface area contributed by atoms with E-state index < -0.39 is 41.1 Å². The molecule has 4 N–H and O–H groups in total. The summed E-state index contributed by atoms with van der Waals surface area (Å²) in [5.74, 6) is -1.74. The summed E-state index contributed by atoms with van der Waals surface area (Å²) in [6.07, 6.45) is 4.81. The molecule has 1 aliphatic heterocycles. The molecular weight excluding hydrogens is 580 g/mol. The molecule has 1 aromatic rings. The predicted molar refractivity (Wildman–Crippen MR) is 168 cm³/mol. The topological polar surface area (TPSA) is 148 Å². The van der Waals surface area contributed by atoms with E-state index in [-0.39, 0.29) is 23.2 Å². The highest BCUT2D eigenvalue weighted by atomic mass is 32.2. The molecule has 3 aliphatic rings. The Bertz CT molecular complexity index is 1260. The highest BCUT2D eigenvalue weighted by Gasteiger charge is 2.63. The Morgan fingerprint density at radius 1 is 1.09 bits per heavy atom. The predicted octanol–water partition coefficient (Wildman–Crippen LogP) is 3.87. The van der Waals surface area contributed by atoms with Gasteiger partial charge in [-0.3, -0.25) is 19.2 Å². The van der Waals surface area contributed by atoms with Crippen LogP contribution in [-0.2, 0) is 23.9 Å². The van der Waals surface area contributed by atoms with E-state index in [0.717, 1.165) is 30.6 Å². The van der Waals surface area contributed by atoms with Gasteiger partial charge in [-0.15, -0.1) is 0 Å². The molecule has 1 saturated heterocycles. The number of carbonyl (C=O) groups is 5. The Morgan fingerprint density at radius 3 is 2.25 bits per heavy atom. The number of primary amides is 1. The van der Waals surface area contributed by atoms with E-state index in [1.807, 2.05) is 20.8 Å². The first kappa shape index (κ1) is 34.0. The first-order chi connectivity index (χ1) is 20.7. The highest BCUT2D eigenvalue weighted by molar-refractivity contribution is 7.97. The summed E-state index contributed by atoms with van der Waals surface area (Å²) in [5.41, 5.74) is 5.16. The van der Waals surface area contributed by atoms with Gasteiger partial charge in [0.15, 0.2) is 0 Å². The average molecular weight is 629 g/mol. The first-order valence-electron chi connectivity index (χ1n) is 15.8. The van der Waals surface area contributed by atoms with Crippen LogP contribution in [0.15, 0.2) is 29.2 Å². The lowest BCUT2D eigenvalue weighted by molar-refractivity contribution is -0.143. The zero-order valence-corrected chi connectivity index (χ0v) is 27.6. The molecule has 5 atom stereocenters. The van der Waals surface area contributed by atoms with Crippen molar-refractivity contribution >= 4 is 41.4 Å². The van der Waals surface area contributed by atoms with Crippen molar-refractivity contribution in [3.63, 3.8) is 0 Å². The molecule has 1 aromatic carbocycles. The molecule has 10 nitrogen and oxygen atoms in total. The number of amides is 3. The number of benzene rings is 1. The van der Waals surface area contributed by atoms with Crippen LogP contribution in [0.4, 0.5) is 0 Å². The van der Waals surface area contributed by atoms with E-state index in [1.54, 1.807) is 36.1 Å². The Morgan fingerprint density at radius 2 is 1.75 bits per heavy atom. The monoisotopic (exact) mass is 628 g/mol. The Balaban J connectivity index is 1.53. The van der Waals surface area contributed by atoms with E-state index >= 15 is 0 Å². The maximum absolute atomic E-state index is 14.4. The van der Waals surface area contributed by atoms with Crippen LogP contribution in [0.3, 0.4) is 0 Å². The fraction of sp³-hybridized carbons (Fsp3) is 0.667. The number of nitrogens with two attached hydrogens (primary N) is 1. The number of nitrogens with one attached hydrogen (secondary N) is 2. The first-order valence-corrected chi connectivity index (χ1v) is 16.6. The van der Waals surface area contributed by atoms with Gasteiger partial charge in [0, 0.05) is 11.4 Å². The van der Waals surface area contributed by atoms with Gasteiger partial charge in [0.25, 0.3) is 5.91 Å². The number of Topliss-reactive ketones (excluding diaryl/α,β-unsaturated/α-hetero) is 1. The second-order valence-electron chi connectivity index (χ2n) is 14.2. The summed E-state index contributed by atoms with van der Waals surface area (Å²) in [5, 5.41) is 2.85. The number of ether oxygens (including phenoxy) is 1. The van der Waals surface area contributed by atoms with Crippen molar-refractivity contribution in [1.29, 1.82) is 0 Å². The van der Waals surface area contributed by atoms with Gasteiger partial charge in [-0.2, -0.15) is 0 Å². The average Bonchev–Trinajstić information content (AvgIpc) is 3.50. The van der Waals surface area contributed by atoms with Crippen molar-refractivity contribution in [2.45, 2.75) is 103 Å². The minimum Gasteiger partial charge on any atom is -0.462 e. The molecule has 1 spiro atoms. The smallest absolute Gasteiger partial charge is 0.338 e. The molecule has 2 saturated carbocycles. The summed E-state index contributed by atoms with van der Waals surface area (Å²) in [6.45, 7) is 12.8. The van der Waals surface area contributed by atoms with Crippen LogP contribution in [0.25, 0.3) is 0 Å². The number of nitrogens with zero attached hydrogens (tertiary/aromatic N) is 1. The number of likely N-dealkylation sites (tertiary alicyclic amines) is 1. The maximum atomic E-state index is 14.4. The molecule has 2 aliphatic carbocycles. The van der Waals surface area contributed by atoms with Crippen LogP contribution in [0.5, 0.6) is 0 Å². The Kier molecular flexibility index (Phi) is 10.5. The molecule has 0 aromatic heterocycles. The summed E-state index contributed by atoms with van der Waals surface area (Å²) in [4.78, 5) is 67.3. The van der Waals surface area contributed by atoms with Crippen molar-refractivity contribution in [3.05, 3.63) is 29.8 Å². The van der Waals surface area contributed by atoms with Gasteiger partial charge in [0.05, 0.1) is 18.2 Å². The van der Waals surface area contributed by atoms with Crippen molar-refractivity contribution in [1.82, 2.24) is 14.9 Å². The summed E-state index contributed by atoms with van der Waals surface area (Å²) in [6, 6.07) is 4.59. The number of carbonyl (C=O) groups excluding carboxylic acids is 5. The van der Waals surface area contributed by atoms with Gasteiger partial charge in [-0.1, -0.05) is 53.9 Å². The number of hydrogen-bond acceptors (Lipinski definition) is 8. The Labute approximate surface area is 265 Å². The zero-order chi connectivity index (χ0) is 32.4. The third kappa shape index (κ3) is 7.65. The van der Waals surface area contributed by atoms with Crippen LogP contribution in [0.1, 0.15) is 90.4 Å². The lowest BCUT2D eigenvalue weighted by atomic mass is 9.80. The van der Waals surface area contributed by atoms with Gasteiger partial charge < -0.3 is 20.7 Å². The lowest BCUT2D eigenvalue weighted by Gasteiger charge is -2.36. The van der Waals surface area contributed by atoms with Crippen LogP contribution >= 0.6 is 11.9 Å². The van der Waals surface area contributed by atoms with Crippen molar-refractivity contribution in [3.8, 4) is 0 Å². The van der Waals surface area contributed by atoms with Gasteiger partial charge in [-0.25, -0.2) is 9.52 Å².